The maximum atomic E-state index is 13.8. The molecule has 16 rings (SSSR count). The highest BCUT2D eigenvalue weighted by Gasteiger charge is 2.64. The number of fused-ring (bicyclic) bond motifs is 16. The highest BCUT2D eigenvalue weighted by atomic mass is 28.4. The van der Waals surface area contributed by atoms with Gasteiger partial charge >= 0.3 is 20.3 Å². The number of hydrogen-bond acceptors (Lipinski definition) is 18. The molecule has 1 unspecified atom stereocenters. The standard InChI is InChI=1S/C55H44N12O12Si/c1-54(2)75-37-34(73-49(38(37)76-54)64-23-21-35(68)56-52(64)70)25-72-80(79-51-40-39(77-55(3,4)78-40)50(74-51)65-24-22-36(69)57-53(65)71)66-45-30-17-9-10-18-31(30)47(66)62-43-28-15-7-8-16-29(28)44(59-43)63-48-33-20-12-11-19-32(33)46(67(48)80)61-42-27-14-6-5-13-26(27)41(58-42)60-45/h5-24,34,37-40,49-51H,25H2,1-4H3,(H,56,68,70)(H,57,69,71)/t34-,37+,38+,39+,40-,49-,50-,51-,80?/m0/s1. The lowest BCUT2D eigenvalue weighted by Gasteiger charge is -2.37. The lowest BCUT2D eigenvalue weighted by Crippen LogP contribution is -2.66. The summed E-state index contributed by atoms with van der Waals surface area (Å²) in [6.45, 7) is 6.65. The van der Waals surface area contributed by atoms with Crippen LogP contribution in [0.3, 0.4) is 0 Å². The van der Waals surface area contributed by atoms with Crippen LogP contribution >= 0.6 is 0 Å². The summed E-state index contributed by atoms with van der Waals surface area (Å²) in [6, 6.07) is 33.2. The van der Waals surface area contributed by atoms with Crippen LogP contribution in [0.15, 0.2) is 171 Å². The summed E-state index contributed by atoms with van der Waals surface area (Å²) in [4.78, 5) is 89.6. The Kier molecular flexibility index (Phi) is 9.95. The van der Waals surface area contributed by atoms with E-state index in [0.29, 0.717) is 89.8 Å². The molecule has 8 aliphatic rings. The largest absolute Gasteiger partial charge is 0.605 e. The highest BCUT2D eigenvalue weighted by molar-refractivity contribution is 6.66. The van der Waals surface area contributed by atoms with Crippen LogP contribution in [-0.4, -0.2) is 115 Å². The van der Waals surface area contributed by atoms with E-state index < -0.39 is 92.2 Å². The van der Waals surface area contributed by atoms with Gasteiger partial charge in [-0.15, -0.1) is 0 Å². The van der Waals surface area contributed by atoms with Crippen molar-refractivity contribution in [2.75, 3.05) is 6.61 Å². The first-order valence-electron chi connectivity index (χ1n) is 25.9. The van der Waals surface area contributed by atoms with E-state index in [2.05, 4.69) is 9.97 Å². The van der Waals surface area contributed by atoms with Crippen molar-refractivity contribution in [1.82, 2.24) is 27.6 Å². The number of amidine groups is 4. The van der Waals surface area contributed by atoms with Crippen molar-refractivity contribution in [3.63, 3.8) is 0 Å². The van der Waals surface area contributed by atoms with Crippen molar-refractivity contribution in [2.45, 2.75) is 88.5 Å². The van der Waals surface area contributed by atoms with Crippen LogP contribution in [0.5, 0.6) is 0 Å². The molecule has 0 aliphatic carbocycles. The minimum absolute atomic E-state index is 0.311. The zero-order chi connectivity index (χ0) is 54.1. The van der Waals surface area contributed by atoms with Crippen LogP contribution in [0.25, 0.3) is 21.5 Å². The molecule has 25 heteroatoms. The van der Waals surface area contributed by atoms with E-state index in [1.807, 2.05) is 106 Å². The molecule has 6 bridgehead atoms. The molecule has 0 radical (unpaired) electrons. The number of hydrogen-bond donors (Lipinski definition) is 2. The van der Waals surface area contributed by atoms with E-state index in [9.17, 15) is 19.2 Å². The molecule has 2 N–H and O–H groups in total. The molecule has 9 atom stereocenters. The van der Waals surface area contributed by atoms with Gasteiger partial charge in [-0.3, -0.25) is 37.2 Å². The Morgan fingerprint density at radius 1 is 0.500 bits per heavy atom. The topological polar surface area (TPSA) is 268 Å². The van der Waals surface area contributed by atoms with E-state index in [-0.39, 0.29) is 6.61 Å². The number of nitrogens with zero attached hydrogens (tertiary/aromatic N) is 10. The normalized spacial score (nSPS) is 27.8. The molecular weight excluding hydrogens is 1050 g/mol. The summed E-state index contributed by atoms with van der Waals surface area (Å²) in [5.74, 6) is -0.418. The van der Waals surface area contributed by atoms with Crippen LogP contribution < -0.4 is 33.5 Å². The molecule has 4 saturated heterocycles. The van der Waals surface area contributed by atoms with Crippen LogP contribution in [0.4, 0.5) is 11.6 Å². The van der Waals surface area contributed by atoms with Crippen molar-refractivity contribution in [3.8, 4) is 0 Å². The molecule has 4 fully saturated rings. The summed E-state index contributed by atoms with van der Waals surface area (Å²) in [7, 11) is -5.18. The second-order valence-corrected chi connectivity index (χ2v) is 23.7. The van der Waals surface area contributed by atoms with Crippen LogP contribution in [0.1, 0.15) is 62.4 Å². The first-order chi connectivity index (χ1) is 38.7. The van der Waals surface area contributed by atoms with Crippen LogP contribution in [0, 0.1) is 0 Å². The fourth-order valence-electron chi connectivity index (χ4n) is 12.2. The third kappa shape index (κ3) is 6.96. The summed E-state index contributed by atoms with van der Waals surface area (Å²) in [6.07, 6.45) is -6.05. The van der Waals surface area contributed by atoms with Gasteiger partial charge in [0.05, 0.1) is 6.61 Å². The van der Waals surface area contributed by atoms with Crippen molar-refractivity contribution >= 4 is 65.4 Å². The molecule has 4 aromatic heterocycles. The zero-order valence-corrected chi connectivity index (χ0v) is 43.7. The number of aromatic amines is 2. The minimum atomic E-state index is -5.18. The number of nitrogens with one attached hydrogen (secondary N) is 2. The first kappa shape index (κ1) is 47.5. The molecule has 24 nitrogen and oxygen atoms in total. The lowest BCUT2D eigenvalue weighted by molar-refractivity contribution is -0.231. The summed E-state index contributed by atoms with van der Waals surface area (Å²) < 4.78 is 62.6. The van der Waals surface area contributed by atoms with Crippen LogP contribution in [0.2, 0.25) is 0 Å². The molecule has 0 amide bonds. The Balaban J connectivity index is 1.03. The Morgan fingerprint density at radius 3 is 1.43 bits per heavy atom. The number of aliphatic imine (C=N–C) groups is 4. The van der Waals surface area contributed by atoms with Gasteiger partial charge in [0.1, 0.15) is 53.1 Å². The van der Waals surface area contributed by atoms with Crippen molar-refractivity contribution < 1.29 is 37.3 Å². The summed E-state index contributed by atoms with van der Waals surface area (Å²) in [5.41, 5.74) is 0.795. The molecule has 8 aliphatic heterocycles. The highest BCUT2D eigenvalue weighted by Crippen LogP contribution is 2.49. The van der Waals surface area contributed by atoms with Gasteiger partial charge in [0.25, 0.3) is 11.1 Å². The van der Waals surface area contributed by atoms with Crippen molar-refractivity contribution in [3.05, 3.63) is 196 Å². The summed E-state index contributed by atoms with van der Waals surface area (Å²) in [5, 5.41) is 2.51. The van der Waals surface area contributed by atoms with Gasteiger partial charge in [0.2, 0.25) is 0 Å². The monoisotopic (exact) mass is 1090 g/mol. The number of H-pyrrole nitrogens is 2. The van der Waals surface area contributed by atoms with Gasteiger partial charge < -0.3 is 37.3 Å². The smallest absolute Gasteiger partial charge is 0.358 e. The predicted molar refractivity (Wildman–Crippen MR) is 286 cm³/mol. The summed E-state index contributed by atoms with van der Waals surface area (Å²) >= 11 is 0. The number of aromatic nitrogens is 6. The van der Waals surface area contributed by atoms with E-state index >= 15 is 0 Å². The Morgan fingerprint density at radius 2 is 0.925 bits per heavy atom. The maximum Gasteiger partial charge on any atom is 0.605 e. The molecule has 12 heterocycles. The van der Waals surface area contributed by atoms with E-state index in [0.717, 1.165) is 0 Å². The molecule has 80 heavy (non-hydrogen) atoms. The van der Waals surface area contributed by atoms with Gasteiger partial charge in [-0.1, -0.05) is 97.1 Å². The fourth-order valence-corrected chi connectivity index (χ4v) is 15.5. The average Bonchev–Trinajstić information content (AvgIpc) is 4.43. The molecule has 4 aromatic carbocycles. The SMILES string of the molecule is CC1(C)O[C@@H]2[C@H](O[Si]3(OC[C@@H]4O[C@H](n5ccc(=O)[nH]c5=O)[C@@H]5OC(C)(C)O[C@@H]54)n4c5c6ccccc6c4N=C4N=C(N=c6c7ccccc7c(n63)=NC3=NC(=N5)c5ccccc53)c3ccccc34)O[C@H](n3ccc(=O)[nH]c3=O)[C@@H]2O1. The number of benzene rings is 4. The Bertz CT molecular complexity index is 4420. The predicted octanol–water partition coefficient (Wildman–Crippen LogP) is 3.30. The zero-order valence-electron chi connectivity index (χ0n) is 42.7. The van der Waals surface area contributed by atoms with E-state index in [1.54, 1.807) is 27.7 Å². The first-order valence-corrected chi connectivity index (χ1v) is 27.6. The Labute approximate surface area is 450 Å². The van der Waals surface area contributed by atoms with E-state index in [1.165, 1.54) is 33.7 Å². The van der Waals surface area contributed by atoms with Crippen LogP contribution in [-0.2, 0) is 37.3 Å². The number of ether oxygens (including phenoxy) is 6. The van der Waals surface area contributed by atoms with E-state index in [4.69, 9.17) is 67.2 Å². The lowest BCUT2D eigenvalue weighted by atomic mass is 10.1. The van der Waals surface area contributed by atoms with Gasteiger partial charge in [-0.05, 0) is 27.7 Å². The fraction of sp³-hybridized carbons (Fsp3) is 0.273. The van der Waals surface area contributed by atoms with Gasteiger partial charge in [0.15, 0.2) is 53.7 Å². The van der Waals surface area contributed by atoms with Gasteiger partial charge in [-0.25, -0.2) is 39.5 Å². The minimum Gasteiger partial charge on any atom is -0.358 e. The maximum absolute atomic E-state index is 13.8. The number of rotatable bonds is 7. The molecule has 0 saturated carbocycles. The second kappa shape index (κ2) is 16.8. The third-order valence-corrected chi connectivity index (χ3v) is 18.4. The molecule has 8 aromatic rings. The Hall–Kier alpha value is -8.50. The van der Waals surface area contributed by atoms with Gasteiger partial charge in [0, 0.05) is 68.3 Å². The third-order valence-electron chi connectivity index (χ3n) is 15.4. The molecule has 400 valence electrons. The average molecular weight is 1090 g/mol. The molecule has 0 spiro atoms. The molecular formula is C55H44N12O12Si. The van der Waals surface area contributed by atoms with Crippen molar-refractivity contribution in [1.29, 1.82) is 0 Å². The van der Waals surface area contributed by atoms with Gasteiger partial charge in [-0.2, -0.15) is 0 Å². The second-order valence-electron chi connectivity index (χ2n) is 21.2. The van der Waals surface area contributed by atoms with Crippen molar-refractivity contribution in [2.24, 2.45) is 30.0 Å². The quantitative estimate of drug-likeness (QED) is 0.218.